The van der Waals surface area contributed by atoms with Gasteiger partial charge in [-0.05, 0) is 55.7 Å². The largest absolute Gasteiger partial charge is 0.358 e. The lowest BCUT2D eigenvalue weighted by Gasteiger charge is -2.45. The summed E-state index contributed by atoms with van der Waals surface area (Å²) in [4.78, 5) is 19.8. The van der Waals surface area contributed by atoms with Gasteiger partial charge in [-0.25, -0.2) is 4.39 Å². The van der Waals surface area contributed by atoms with Gasteiger partial charge in [-0.2, -0.15) is 5.26 Å². The monoisotopic (exact) mass is 437 g/mol. The molecule has 6 nitrogen and oxygen atoms in total. The summed E-state index contributed by atoms with van der Waals surface area (Å²) in [7, 11) is 0. The molecule has 1 aromatic rings. The molecule has 3 aliphatic heterocycles. The summed E-state index contributed by atoms with van der Waals surface area (Å²) in [6.07, 6.45) is 6.10. The van der Waals surface area contributed by atoms with Gasteiger partial charge in [0.15, 0.2) is 0 Å². The number of likely N-dealkylation sites (tertiary alicyclic amines) is 3. The maximum Gasteiger partial charge on any atom is 0.240 e. The number of hydrogen-bond acceptors (Lipinski definition) is 5. The first-order valence-electron chi connectivity index (χ1n) is 11.9. The van der Waals surface area contributed by atoms with E-state index >= 15 is 0 Å². The van der Waals surface area contributed by atoms with Gasteiger partial charge in [0.2, 0.25) is 5.91 Å². The average Bonchev–Trinajstić information content (AvgIpc) is 3.45. The first-order valence-corrected chi connectivity index (χ1v) is 11.9. The van der Waals surface area contributed by atoms with Gasteiger partial charge in [0, 0.05) is 31.4 Å². The summed E-state index contributed by atoms with van der Waals surface area (Å²) in [6.45, 7) is 6.40. The van der Waals surface area contributed by atoms with Crippen molar-refractivity contribution in [3.63, 3.8) is 0 Å². The summed E-state index contributed by atoms with van der Waals surface area (Å²) in [6, 6.07) is 8.68. The van der Waals surface area contributed by atoms with Crippen LogP contribution in [-0.4, -0.2) is 64.4 Å². The second-order valence-corrected chi connectivity index (χ2v) is 9.87. The fraction of sp³-hybridized carbons (Fsp3) is 0.600. The quantitative estimate of drug-likeness (QED) is 0.710. The van der Waals surface area contributed by atoms with Crippen LogP contribution >= 0.6 is 0 Å². The Morgan fingerprint density at radius 2 is 2.00 bits per heavy atom. The Hall–Kier alpha value is -2.43. The Morgan fingerprint density at radius 1 is 1.25 bits per heavy atom. The SMILES string of the molecule is C=C(C(N)CN1C[C@@H]2CC1C(=O)N2C(c1ccc(F)cc1)C1CCC1)N1CCCC1C#N. The molecule has 1 aromatic carbocycles. The number of amides is 1. The van der Waals surface area contributed by atoms with Crippen LogP contribution in [-0.2, 0) is 4.79 Å². The lowest BCUT2D eigenvalue weighted by atomic mass is 9.76. The molecular formula is C25H32FN5O. The first-order chi connectivity index (χ1) is 15.5. The summed E-state index contributed by atoms with van der Waals surface area (Å²) < 4.78 is 13.5. The Balaban J connectivity index is 1.28. The van der Waals surface area contributed by atoms with E-state index in [1.165, 1.54) is 18.6 Å². The van der Waals surface area contributed by atoms with E-state index in [2.05, 4.69) is 22.4 Å². The number of nitrogens with zero attached hydrogens (tertiary/aromatic N) is 4. The zero-order valence-electron chi connectivity index (χ0n) is 18.5. The predicted octanol–water partition coefficient (Wildman–Crippen LogP) is 2.78. The minimum atomic E-state index is -0.288. The molecule has 2 N–H and O–H groups in total. The van der Waals surface area contributed by atoms with Gasteiger partial charge in [-0.15, -0.1) is 0 Å². The molecule has 0 radical (unpaired) electrons. The summed E-state index contributed by atoms with van der Waals surface area (Å²) >= 11 is 0. The molecular weight excluding hydrogens is 405 g/mol. The zero-order valence-corrected chi connectivity index (χ0v) is 18.5. The molecule has 5 rings (SSSR count). The molecule has 4 aliphatic rings. The third-order valence-electron chi connectivity index (χ3n) is 8.05. The van der Waals surface area contributed by atoms with Gasteiger partial charge < -0.3 is 15.5 Å². The fourth-order valence-corrected chi connectivity index (χ4v) is 6.15. The second kappa shape index (κ2) is 8.49. The number of nitriles is 1. The molecule has 4 unspecified atom stereocenters. The van der Waals surface area contributed by atoms with Crippen molar-refractivity contribution in [3.05, 3.63) is 47.9 Å². The molecule has 4 fully saturated rings. The second-order valence-electron chi connectivity index (χ2n) is 9.87. The molecule has 3 heterocycles. The highest BCUT2D eigenvalue weighted by molar-refractivity contribution is 5.86. The molecule has 1 amide bonds. The number of rotatable bonds is 7. The van der Waals surface area contributed by atoms with E-state index in [-0.39, 0.29) is 41.9 Å². The maximum absolute atomic E-state index is 13.5. The van der Waals surface area contributed by atoms with Gasteiger partial charge in [-0.3, -0.25) is 9.69 Å². The minimum Gasteiger partial charge on any atom is -0.358 e. The normalized spacial score (nSPS) is 29.8. The third-order valence-corrected chi connectivity index (χ3v) is 8.05. The number of hydrogen-bond donors (Lipinski definition) is 1. The van der Waals surface area contributed by atoms with E-state index < -0.39 is 0 Å². The topological polar surface area (TPSA) is 76.6 Å². The van der Waals surface area contributed by atoms with E-state index in [9.17, 15) is 14.4 Å². The summed E-state index contributed by atoms with van der Waals surface area (Å²) in [5, 5.41) is 9.38. The van der Waals surface area contributed by atoms with E-state index in [1.54, 1.807) is 0 Å². The van der Waals surface area contributed by atoms with Crippen molar-refractivity contribution in [2.75, 3.05) is 19.6 Å². The number of piperazine rings is 1. The number of fused-ring (bicyclic) bond motifs is 2. The van der Waals surface area contributed by atoms with Crippen LogP contribution in [0, 0.1) is 23.1 Å². The van der Waals surface area contributed by atoms with Crippen LogP contribution in [0.15, 0.2) is 36.5 Å². The van der Waals surface area contributed by atoms with E-state index in [1.807, 2.05) is 17.0 Å². The van der Waals surface area contributed by atoms with Crippen LogP contribution in [0.2, 0.25) is 0 Å². The van der Waals surface area contributed by atoms with Gasteiger partial charge in [0.1, 0.15) is 11.9 Å². The molecule has 1 saturated carbocycles. The molecule has 1 aliphatic carbocycles. The smallest absolute Gasteiger partial charge is 0.240 e. The highest BCUT2D eigenvalue weighted by atomic mass is 19.1. The Bertz CT molecular complexity index is 923. The van der Waals surface area contributed by atoms with Crippen molar-refractivity contribution in [1.82, 2.24) is 14.7 Å². The van der Waals surface area contributed by atoms with Gasteiger partial charge in [-0.1, -0.05) is 25.1 Å². The number of carbonyl (C=O) groups excluding carboxylic acids is 1. The van der Waals surface area contributed by atoms with Gasteiger partial charge in [0.05, 0.1) is 24.2 Å². The van der Waals surface area contributed by atoms with E-state index in [0.717, 1.165) is 56.5 Å². The maximum atomic E-state index is 13.5. The number of halogens is 1. The van der Waals surface area contributed by atoms with E-state index in [0.29, 0.717) is 12.5 Å². The zero-order chi connectivity index (χ0) is 22.4. The van der Waals surface area contributed by atoms with Crippen LogP contribution in [0.1, 0.15) is 50.1 Å². The molecule has 3 saturated heterocycles. The minimum absolute atomic E-state index is 0.0404. The van der Waals surface area contributed by atoms with Gasteiger partial charge in [0.25, 0.3) is 0 Å². The van der Waals surface area contributed by atoms with Crippen molar-refractivity contribution < 1.29 is 9.18 Å². The van der Waals surface area contributed by atoms with E-state index in [4.69, 9.17) is 5.73 Å². The summed E-state index contributed by atoms with van der Waals surface area (Å²) in [5.41, 5.74) is 8.35. The molecule has 5 atom stereocenters. The molecule has 32 heavy (non-hydrogen) atoms. The molecule has 7 heteroatoms. The van der Waals surface area contributed by atoms with Crippen LogP contribution in [0.4, 0.5) is 4.39 Å². The highest BCUT2D eigenvalue weighted by Crippen LogP contribution is 2.47. The van der Waals surface area contributed by atoms with Crippen molar-refractivity contribution >= 4 is 5.91 Å². The molecule has 170 valence electrons. The fourth-order valence-electron chi connectivity index (χ4n) is 6.15. The predicted molar refractivity (Wildman–Crippen MR) is 120 cm³/mol. The average molecular weight is 438 g/mol. The first kappa shape index (κ1) is 21.4. The van der Waals surface area contributed by atoms with Crippen LogP contribution < -0.4 is 5.73 Å². The van der Waals surface area contributed by atoms with Crippen LogP contribution in [0.5, 0.6) is 0 Å². The Labute approximate surface area is 189 Å². The highest BCUT2D eigenvalue weighted by Gasteiger charge is 2.53. The lowest BCUT2D eigenvalue weighted by Crippen LogP contribution is -2.56. The van der Waals surface area contributed by atoms with Crippen molar-refractivity contribution in [2.45, 2.75) is 68.7 Å². The van der Waals surface area contributed by atoms with Crippen molar-refractivity contribution in [2.24, 2.45) is 11.7 Å². The van der Waals surface area contributed by atoms with Crippen molar-refractivity contribution in [3.8, 4) is 6.07 Å². The third kappa shape index (κ3) is 3.60. The van der Waals surface area contributed by atoms with Crippen LogP contribution in [0.25, 0.3) is 0 Å². The number of carbonyl (C=O) groups is 1. The molecule has 2 bridgehead atoms. The Kier molecular flexibility index (Phi) is 5.68. The summed E-state index contributed by atoms with van der Waals surface area (Å²) in [5.74, 6) is 0.390. The van der Waals surface area contributed by atoms with Gasteiger partial charge >= 0.3 is 0 Å². The molecule has 0 spiro atoms. The Morgan fingerprint density at radius 3 is 2.62 bits per heavy atom. The standard InChI is InChI=1S/C25H32FN5O/c1-16(30-11-3-6-20(30)13-27)22(28)15-29-14-21-12-23(29)25(32)31(21)24(17-4-2-5-17)18-7-9-19(26)10-8-18/h7-10,17,20-24H,1-6,11-12,14-15,28H2/t20?,21-,22?,23?,24?/m0/s1. The lowest BCUT2D eigenvalue weighted by molar-refractivity contribution is -0.141. The molecule has 0 aromatic heterocycles. The number of benzene rings is 1. The van der Waals surface area contributed by atoms with Crippen LogP contribution in [0.3, 0.4) is 0 Å². The van der Waals surface area contributed by atoms with Crippen molar-refractivity contribution in [1.29, 1.82) is 5.26 Å². The number of nitrogens with two attached hydrogens (primary N) is 1.